The fourth-order valence-electron chi connectivity index (χ4n) is 5.95. The minimum absolute atomic E-state index is 0.191. The molecule has 1 aliphatic carbocycles. The van der Waals surface area contributed by atoms with Crippen molar-refractivity contribution in [1.29, 1.82) is 0 Å². The quantitative estimate of drug-likeness (QED) is 0.143. The number of nitrogens with one attached hydrogen (secondary N) is 2. The van der Waals surface area contributed by atoms with Crippen molar-refractivity contribution < 1.29 is 22.2 Å². The number of benzene rings is 4. The number of nitrogens with zero attached hydrogens (tertiary/aromatic N) is 1. The first-order chi connectivity index (χ1) is 18.7. The number of quaternary nitrogens is 1. The topological polar surface area (TPSA) is 87.7 Å². The predicted octanol–water partition coefficient (Wildman–Crippen LogP) is 5.68. The van der Waals surface area contributed by atoms with Crippen LogP contribution in [0.3, 0.4) is 0 Å². The lowest BCUT2D eigenvalue weighted by Crippen LogP contribution is -2.44. The highest BCUT2D eigenvalue weighted by Gasteiger charge is 2.46. The Labute approximate surface area is 229 Å². The highest BCUT2D eigenvalue weighted by atomic mass is 32.2. The molecular weight excluding hydrogens is 510 g/mol. The van der Waals surface area contributed by atoms with Gasteiger partial charge in [-0.1, -0.05) is 54.6 Å². The van der Waals surface area contributed by atoms with Gasteiger partial charge in [-0.3, -0.25) is 4.55 Å². The molecule has 0 unspecified atom stereocenters. The molecule has 202 valence electrons. The predicted molar refractivity (Wildman–Crippen MR) is 157 cm³/mol. The van der Waals surface area contributed by atoms with Crippen molar-refractivity contribution >= 4 is 32.3 Å². The maximum Gasteiger partial charge on any atom is 0.264 e. The minimum atomic E-state index is -3.90. The largest absolute Gasteiger partial charge is 0.488 e. The summed E-state index contributed by atoms with van der Waals surface area (Å²) >= 11 is 0. The van der Waals surface area contributed by atoms with E-state index in [1.54, 1.807) is 0 Å². The highest BCUT2D eigenvalue weighted by Crippen LogP contribution is 2.53. The lowest BCUT2D eigenvalue weighted by atomic mass is 9.91. The number of likely N-dealkylation sites (N-methyl/N-ethyl adjacent to an activating group) is 1. The maximum atomic E-state index is 11.0. The number of hydrogen-bond donors (Lipinski definition) is 3. The van der Waals surface area contributed by atoms with Crippen LogP contribution < -0.4 is 15.4 Å². The van der Waals surface area contributed by atoms with Gasteiger partial charge in [-0.15, -0.1) is 0 Å². The lowest BCUT2D eigenvalue weighted by Gasteiger charge is -2.40. The normalized spacial score (nSPS) is 14.9. The van der Waals surface area contributed by atoms with Crippen LogP contribution in [0.25, 0.3) is 21.9 Å². The molecule has 6 rings (SSSR count). The molecule has 39 heavy (non-hydrogen) atoms. The molecule has 1 spiro atoms. The lowest BCUT2D eigenvalue weighted by molar-refractivity contribution is -0.890. The van der Waals surface area contributed by atoms with Gasteiger partial charge in [0.15, 0.2) is 5.66 Å². The first kappa shape index (κ1) is 25.7. The Balaban J connectivity index is 1.24. The monoisotopic (exact) mass is 544 g/mol. The van der Waals surface area contributed by atoms with Crippen molar-refractivity contribution in [1.82, 2.24) is 0 Å². The van der Waals surface area contributed by atoms with Crippen LogP contribution >= 0.6 is 0 Å². The number of fused-ring (bicyclic) bond motifs is 5. The van der Waals surface area contributed by atoms with E-state index in [9.17, 15) is 8.42 Å². The molecule has 1 heterocycles. The molecule has 0 saturated carbocycles. The zero-order chi connectivity index (χ0) is 27.3. The van der Waals surface area contributed by atoms with E-state index in [0.717, 1.165) is 42.2 Å². The Morgan fingerprint density at radius 1 is 0.821 bits per heavy atom. The van der Waals surface area contributed by atoms with Crippen LogP contribution in [-0.4, -0.2) is 57.0 Å². The van der Waals surface area contributed by atoms with Gasteiger partial charge < -0.3 is 19.9 Å². The van der Waals surface area contributed by atoms with Crippen LogP contribution in [0.4, 0.5) is 11.4 Å². The zero-order valence-electron chi connectivity index (χ0n) is 22.3. The van der Waals surface area contributed by atoms with E-state index < -0.39 is 15.8 Å². The second-order valence-electron chi connectivity index (χ2n) is 11.2. The average molecular weight is 545 g/mol. The summed E-state index contributed by atoms with van der Waals surface area (Å²) in [5.74, 6) is 0.622. The fraction of sp³-hybridized carbons (Fsp3) is 0.290. The van der Waals surface area contributed by atoms with Gasteiger partial charge in [-0.05, 0) is 53.6 Å². The summed E-state index contributed by atoms with van der Waals surface area (Å²) in [5, 5.41) is 10.1. The van der Waals surface area contributed by atoms with Gasteiger partial charge in [0.05, 0.1) is 26.4 Å². The molecule has 4 aromatic carbocycles. The van der Waals surface area contributed by atoms with E-state index in [0.29, 0.717) is 17.5 Å². The number of rotatable bonds is 9. The Bertz CT molecular complexity index is 1630. The standard InChI is InChI=1S/C31H33N3O4S/c1-34(2,17-5-6-20-39(35,36)37)18-19-38-23-15-16-25-24-11-3-4-12-26(24)31(27(25)21-23)32-28-13-7-9-22-10-8-14-29(33-31)30(22)28/h3-4,7-16,21,32-33H,5-6,17-20H2,1-2H3/p+1. The van der Waals surface area contributed by atoms with Crippen LogP contribution in [0.5, 0.6) is 5.75 Å². The summed E-state index contributed by atoms with van der Waals surface area (Å²) in [6, 6.07) is 27.6. The van der Waals surface area contributed by atoms with Gasteiger partial charge in [0.1, 0.15) is 18.9 Å². The summed E-state index contributed by atoms with van der Waals surface area (Å²) in [5.41, 5.74) is 6.29. The van der Waals surface area contributed by atoms with Gasteiger partial charge >= 0.3 is 0 Å². The minimum Gasteiger partial charge on any atom is -0.488 e. The van der Waals surface area contributed by atoms with Crippen LogP contribution in [0.2, 0.25) is 0 Å². The molecular formula is C31H34N3O4S+. The molecule has 0 amide bonds. The zero-order valence-corrected chi connectivity index (χ0v) is 23.1. The van der Waals surface area contributed by atoms with Crippen molar-refractivity contribution in [2.75, 3.05) is 50.2 Å². The molecule has 1 aliphatic heterocycles. The van der Waals surface area contributed by atoms with Crippen LogP contribution in [-0.2, 0) is 15.8 Å². The number of hydrogen-bond acceptors (Lipinski definition) is 5. The second-order valence-corrected chi connectivity index (χ2v) is 12.8. The number of anilines is 2. The van der Waals surface area contributed by atoms with Crippen LogP contribution in [0.15, 0.2) is 78.9 Å². The molecule has 4 aromatic rings. The van der Waals surface area contributed by atoms with E-state index in [1.165, 1.54) is 27.5 Å². The smallest absolute Gasteiger partial charge is 0.264 e. The summed E-state index contributed by atoms with van der Waals surface area (Å²) in [4.78, 5) is 0. The average Bonchev–Trinajstić information content (AvgIpc) is 3.15. The highest BCUT2D eigenvalue weighted by molar-refractivity contribution is 7.85. The van der Waals surface area contributed by atoms with Crippen molar-refractivity contribution in [3.63, 3.8) is 0 Å². The van der Waals surface area contributed by atoms with Crippen molar-refractivity contribution in [2.24, 2.45) is 0 Å². The third kappa shape index (κ3) is 4.84. The number of unbranched alkanes of at least 4 members (excludes halogenated alkanes) is 1. The van der Waals surface area contributed by atoms with Gasteiger partial charge in [0.25, 0.3) is 10.1 Å². The molecule has 2 aliphatic rings. The Morgan fingerprint density at radius 3 is 2.23 bits per heavy atom. The van der Waals surface area contributed by atoms with Gasteiger partial charge in [-0.2, -0.15) is 8.42 Å². The van der Waals surface area contributed by atoms with Crippen LogP contribution in [0.1, 0.15) is 24.0 Å². The van der Waals surface area contributed by atoms with Gasteiger partial charge in [0.2, 0.25) is 0 Å². The molecule has 0 aromatic heterocycles. The third-order valence-corrected chi connectivity index (χ3v) is 8.75. The molecule has 3 N–H and O–H groups in total. The molecule has 0 radical (unpaired) electrons. The summed E-state index contributed by atoms with van der Waals surface area (Å²) in [7, 11) is 0.319. The van der Waals surface area contributed by atoms with Crippen molar-refractivity contribution in [3.8, 4) is 16.9 Å². The molecule has 0 bridgehead atoms. The van der Waals surface area contributed by atoms with E-state index in [-0.39, 0.29) is 5.75 Å². The van der Waals surface area contributed by atoms with Gasteiger partial charge in [-0.25, -0.2) is 0 Å². The first-order valence-electron chi connectivity index (χ1n) is 13.4. The second kappa shape index (κ2) is 9.55. The molecule has 0 atom stereocenters. The maximum absolute atomic E-state index is 11.0. The Morgan fingerprint density at radius 2 is 1.51 bits per heavy atom. The van der Waals surface area contributed by atoms with E-state index in [4.69, 9.17) is 9.29 Å². The Hall–Kier alpha value is -3.59. The van der Waals surface area contributed by atoms with E-state index in [1.807, 2.05) is 6.07 Å². The molecule has 8 heteroatoms. The fourth-order valence-corrected chi connectivity index (χ4v) is 6.52. The SMILES string of the molecule is C[N+](C)(CCCCS(=O)(=O)O)CCOc1ccc2c(c1)C1(Nc3cccc4cccc(c34)N1)c1ccccc1-2. The summed E-state index contributed by atoms with van der Waals surface area (Å²) in [6.07, 6.45) is 1.17. The van der Waals surface area contributed by atoms with Gasteiger partial charge in [0, 0.05) is 27.9 Å². The summed E-state index contributed by atoms with van der Waals surface area (Å²) in [6.45, 7) is 2.12. The van der Waals surface area contributed by atoms with Crippen LogP contribution in [0, 0.1) is 0 Å². The van der Waals surface area contributed by atoms with Crippen molar-refractivity contribution in [3.05, 3.63) is 90.0 Å². The molecule has 0 fully saturated rings. The van der Waals surface area contributed by atoms with Crippen molar-refractivity contribution in [2.45, 2.75) is 18.5 Å². The molecule has 7 nitrogen and oxygen atoms in total. The number of ether oxygens (including phenoxy) is 1. The first-order valence-corrected chi connectivity index (χ1v) is 15.0. The van der Waals surface area contributed by atoms with E-state index >= 15 is 0 Å². The van der Waals surface area contributed by atoms with E-state index in [2.05, 4.69) is 97.5 Å². The summed E-state index contributed by atoms with van der Waals surface area (Å²) < 4.78 is 37.9. The third-order valence-electron chi connectivity index (χ3n) is 7.95. The molecule has 0 saturated heterocycles. The Kier molecular flexibility index (Phi) is 6.29.